The molecule has 0 radical (unpaired) electrons. The number of hydrogen-bond donors (Lipinski definition) is 1. The number of rotatable bonds is 8. The predicted molar refractivity (Wildman–Crippen MR) is 80.8 cm³/mol. The predicted octanol–water partition coefficient (Wildman–Crippen LogP) is 3.45. The smallest absolute Gasteiger partial charge is 0.243 e. The van der Waals surface area contributed by atoms with Crippen LogP contribution in [0.2, 0.25) is 0 Å². The minimum absolute atomic E-state index is 0.106. The summed E-state index contributed by atoms with van der Waals surface area (Å²) in [6.45, 7) is 9.19. The maximum atomic E-state index is 6.39. The normalized spacial score (nSPS) is 12.7. The van der Waals surface area contributed by atoms with Gasteiger partial charge in [-0.15, -0.1) is 16.7 Å². The van der Waals surface area contributed by atoms with Crippen molar-refractivity contribution in [3.05, 3.63) is 11.4 Å². The Morgan fingerprint density at radius 1 is 1.00 bits per heavy atom. The lowest BCUT2D eigenvalue weighted by Gasteiger charge is -2.19. The lowest BCUT2D eigenvalue weighted by atomic mass is 9.99. The molecule has 1 heterocycles. The Kier molecular flexibility index (Phi) is 7.06. The zero-order valence-electron chi connectivity index (χ0n) is 12.4. The van der Waals surface area contributed by atoms with Gasteiger partial charge in [-0.2, -0.15) is 5.10 Å². The van der Waals surface area contributed by atoms with Crippen molar-refractivity contribution in [1.82, 2.24) is 15.2 Å². The number of alkyl halides is 1. The number of hydrogen-bond acceptors (Lipinski definition) is 4. The van der Waals surface area contributed by atoms with Crippen molar-refractivity contribution < 1.29 is 0 Å². The number of halogens is 1. The highest BCUT2D eigenvalue weighted by Crippen LogP contribution is 2.18. The summed E-state index contributed by atoms with van der Waals surface area (Å²) in [7, 11) is 0. The largest absolute Gasteiger partial charge is 0.351 e. The fraction of sp³-hybridized carbons (Fsp3) is 0.786. The van der Waals surface area contributed by atoms with E-state index >= 15 is 0 Å². The molecule has 0 aliphatic carbocycles. The molecule has 0 spiro atoms. The van der Waals surface area contributed by atoms with Crippen LogP contribution in [0.4, 0.5) is 5.95 Å². The first kappa shape index (κ1) is 16.2. The van der Waals surface area contributed by atoms with Crippen molar-refractivity contribution in [2.45, 2.75) is 58.8 Å². The van der Waals surface area contributed by atoms with Gasteiger partial charge >= 0.3 is 0 Å². The van der Waals surface area contributed by atoms with E-state index in [4.69, 9.17) is 11.6 Å². The summed E-state index contributed by atoms with van der Waals surface area (Å²) in [6, 6.07) is 0. The molecule has 1 aromatic rings. The molecule has 0 saturated carbocycles. The van der Waals surface area contributed by atoms with Gasteiger partial charge in [-0.3, -0.25) is 0 Å². The second-order valence-electron chi connectivity index (χ2n) is 4.71. The molecule has 108 valence electrons. The molecule has 5 heteroatoms. The van der Waals surface area contributed by atoms with Gasteiger partial charge in [-0.1, -0.05) is 40.5 Å². The molecule has 0 amide bonds. The first-order chi connectivity index (χ1) is 9.15. The lowest BCUT2D eigenvalue weighted by molar-refractivity contribution is 0.475. The SMILES string of the molecule is CCc1nnc(NCC(Cl)C(CC)CC)nc1CC. The topological polar surface area (TPSA) is 50.7 Å². The van der Waals surface area contributed by atoms with Gasteiger partial charge in [-0.05, 0) is 18.8 Å². The van der Waals surface area contributed by atoms with Gasteiger partial charge in [0.1, 0.15) is 0 Å². The molecule has 1 N–H and O–H groups in total. The maximum absolute atomic E-state index is 6.39. The highest BCUT2D eigenvalue weighted by molar-refractivity contribution is 6.21. The van der Waals surface area contributed by atoms with E-state index in [2.05, 4.69) is 48.2 Å². The number of nitrogens with zero attached hydrogens (tertiary/aromatic N) is 3. The number of aryl methyl sites for hydroxylation is 2. The average molecular weight is 285 g/mol. The van der Waals surface area contributed by atoms with E-state index in [9.17, 15) is 0 Å². The average Bonchev–Trinajstić information content (AvgIpc) is 2.45. The van der Waals surface area contributed by atoms with E-state index in [1.54, 1.807) is 0 Å². The summed E-state index contributed by atoms with van der Waals surface area (Å²) in [5.41, 5.74) is 2.00. The van der Waals surface area contributed by atoms with Crippen LogP contribution in [-0.4, -0.2) is 27.1 Å². The number of anilines is 1. The molecule has 0 saturated heterocycles. The molecule has 0 bridgehead atoms. The van der Waals surface area contributed by atoms with Crippen LogP contribution in [-0.2, 0) is 12.8 Å². The Bertz CT molecular complexity index is 380. The van der Waals surface area contributed by atoms with Crippen LogP contribution in [0.5, 0.6) is 0 Å². The minimum atomic E-state index is 0.106. The Hall–Kier alpha value is -0.900. The highest BCUT2D eigenvalue weighted by atomic mass is 35.5. The van der Waals surface area contributed by atoms with E-state index in [1.165, 1.54) is 0 Å². The van der Waals surface area contributed by atoms with Gasteiger partial charge in [0.05, 0.1) is 16.8 Å². The summed E-state index contributed by atoms with van der Waals surface area (Å²) in [5, 5.41) is 11.6. The van der Waals surface area contributed by atoms with Crippen molar-refractivity contribution in [3.8, 4) is 0 Å². The quantitative estimate of drug-likeness (QED) is 0.743. The molecule has 19 heavy (non-hydrogen) atoms. The Labute approximate surface area is 121 Å². The second kappa shape index (κ2) is 8.31. The molecule has 0 aliphatic rings. The summed E-state index contributed by atoms with van der Waals surface area (Å²) in [5.74, 6) is 1.12. The molecule has 4 nitrogen and oxygen atoms in total. The molecule has 1 unspecified atom stereocenters. The fourth-order valence-corrected chi connectivity index (χ4v) is 2.60. The van der Waals surface area contributed by atoms with Gasteiger partial charge in [0.15, 0.2) is 0 Å². The highest BCUT2D eigenvalue weighted by Gasteiger charge is 2.16. The molecule has 0 aliphatic heterocycles. The van der Waals surface area contributed by atoms with Gasteiger partial charge < -0.3 is 5.32 Å². The monoisotopic (exact) mass is 284 g/mol. The Morgan fingerprint density at radius 2 is 1.63 bits per heavy atom. The zero-order valence-corrected chi connectivity index (χ0v) is 13.2. The number of nitrogens with one attached hydrogen (secondary N) is 1. The van der Waals surface area contributed by atoms with Crippen molar-refractivity contribution in [2.24, 2.45) is 5.92 Å². The van der Waals surface area contributed by atoms with Crippen molar-refractivity contribution >= 4 is 17.5 Å². The third-order valence-corrected chi connectivity index (χ3v) is 4.04. The van der Waals surface area contributed by atoms with Crippen LogP contribution in [0, 0.1) is 5.92 Å². The Balaban J connectivity index is 2.62. The molecule has 1 rings (SSSR count). The van der Waals surface area contributed by atoms with E-state index < -0.39 is 0 Å². The van der Waals surface area contributed by atoms with Crippen LogP contribution >= 0.6 is 11.6 Å². The molecule has 1 aromatic heterocycles. The van der Waals surface area contributed by atoms with Gasteiger partial charge in [0.25, 0.3) is 0 Å². The summed E-state index contributed by atoms with van der Waals surface area (Å²) in [6.07, 6.45) is 3.94. The summed E-state index contributed by atoms with van der Waals surface area (Å²) < 4.78 is 0. The fourth-order valence-electron chi connectivity index (χ4n) is 2.17. The van der Waals surface area contributed by atoms with Crippen LogP contribution in [0.3, 0.4) is 0 Å². The van der Waals surface area contributed by atoms with Crippen LogP contribution in [0.15, 0.2) is 0 Å². The summed E-state index contributed by atoms with van der Waals surface area (Å²) in [4.78, 5) is 4.50. The number of aromatic nitrogens is 3. The van der Waals surface area contributed by atoms with Gasteiger partial charge in [-0.25, -0.2) is 4.98 Å². The maximum Gasteiger partial charge on any atom is 0.243 e. The molecular formula is C14H25ClN4. The third-order valence-electron chi connectivity index (χ3n) is 3.52. The Morgan fingerprint density at radius 3 is 2.16 bits per heavy atom. The first-order valence-corrected chi connectivity index (χ1v) is 7.70. The van der Waals surface area contributed by atoms with Crippen LogP contribution < -0.4 is 5.32 Å². The molecule has 1 atom stereocenters. The minimum Gasteiger partial charge on any atom is -0.351 e. The van der Waals surface area contributed by atoms with E-state index in [0.717, 1.165) is 37.1 Å². The van der Waals surface area contributed by atoms with Crippen molar-refractivity contribution in [2.75, 3.05) is 11.9 Å². The molecular weight excluding hydrogens is 260 g/mol. The first-order valence-electron chi connectivity index (χ1n) is 7.26. The van der Waals surface area contributed by atoms with Crippen LogP contribution in [0.25, 0.3) is 0 Å². The van der Waals surface area contributed by atoms with E-state index in [-0.39, 0.29) is 5.38 Å². The van der Waals surface area contributed by atoms with Crippen molar-refractivity contribution in [3.63, 3.8) is 0 Å². The summed E-state index contributed by atoms with van der Waals surface area (Å²) >= 11 is 6.39. The van der Waals surface area contributed by atoms with Crippen molar-refractivity contribution in [1.29, 1.82) is 0 Å². The lowest BCUT2D eigenvalue weighted by Crippen LogP contribution is -2.24. The van der Waals surface area contributed by atoms with Crippen LogP contribution in [0.1, 0.15) is 51.9 Å². The standard InChI is InChI=1S/C14H25ClN4/c1-5-10(6-2)11(15)9-16-14-17-12(7-3)13(8-4)18-19-14/h10-11H,5-9H2,1-4H3,(H,16,17,19). The zero-order chi connectivity index (χ0) is 14.3. The van der Waals surface area contributed by atoms with E-state index in [0.29, 0.717) is 18.4 Å². The van der Waals surface area contributed by atoms with Gasteiger partial charge in [0, 0.05) is 6.54 Å². The second-order valence-corrected chi connectivity index (χ2v) is 5.27. The van der Waals surface area contributed by atoms with Gasteiger partial charge in [0.2, 0.25) is 5.95 Å². The van der Waals surface area contributed by atoms with E-state index in [1.807, 2.05) is 0 Å². The molecule has 0 aromatic carbocycles. The molecule has 0 fully saturated rings. The third kappa shape index (κ3) is 4.60.